The van der Waals surface area contributed by atoms with Crippen molar-refractivity contribution >= 4 is 0 Å². The van der Waals surface area contributed by atoms with E-state index in [0.29, 0.717) is 6.04 Å². The number of benzene rings is 1. The Morgan fingerprint density at radius 3 is 2.50 bits per heavy atom. The molecule has 2 nitrogen and oxygen atoms in total. The van der Waals surface area contributed by atoms with E-state index >= 15 is 0 Å². The number of hydrogen-bond acceptors (Lipinski definition) is 2. The van der Waals surface area contributed by atoms with Gasteiger partial charge in [-0.3, -0.25) is 0 Å². The summed E-state index contributed by atoms with van der Waals surface area (Å²) in [7, 11) is 0. The molecule has 1 fully saturated rings. The molecule has 0 saturated carbocycles. The first-order valence-electron chi connectivity index (χ1n) is 7.12. The minimum atomic E-state index is 0.248. The van der Waals surface area contributed by atoms with E-state index in [9.17, 15) is 0 Å². The van der Waals surface area contributed by atoms with Crippen LogP contribution in [-0.2, 0) is 6.42 Å². The first kappa shape index (κ1) is 13.4. The van der Waals surface area contributed by atoms with Crippen molar-refractivity contribution in [2.75, 3.05) is 6.54 Å². The van der Waals surface area contributed by atoms with Crippen molar-refractivity contribution in [2.24, 2.45) is 5.92 Å². The van der Waals surface area contributed by atoms with E-state index < -0.39 is 0 Å². The van der Waals surface area contributed by atoms with Crippen LogP contribution in [0.1, 0.15) is 39.2 Å². The monoisotopic (exact) mass is 247 g/mol. The van der Waals surface area contributed by atoms with Crippen LogP contribution in [0.3, 0.4) is 0 Å². The van der Waals surface area contributed by atoms with Crippen LogP contribution in [0.15, 0.2) is 24.3 Å². The van der Waals surface area contributed by atoms with Gasteiger partial charge in [0.1, 0.15) is 5.75 Å². The molecule has 0 bridgehead atoms. The van der Waals surface area contributed by atoms with E-state index in [1.54, 1.807) is 0 Å². The summed E-state index contributed by atoms with van der Waals surface area (Å²) in [6.45, 7) is 7.60. The Kier molecular flexibility index (Phi) is 4.65. The predicted octanol–water partition coefficient (Wildman–Crippen LogP) is 3.40. The summed E-state index contributed by atoms with van der Waals surface area (Å²) >= 11 is 0. The molecule has 0 aromatic heterocycles. The SMILES string of the molecule is CC1CCC(Cc2ccc(OC(C)C)cc2)NC1. The Hall–Kier alpha value is -1.02. The van der Waals surface area contributed by atoms with Gasteiger partial charge in [0.05, 0.1) is 6.10 Å². The highest BCUT2D eigenvalue weighted by molar-refractivity contribution is 5.28. The highest BCUT2D eigenvalue weighted by Gasteiger charge is 2.17. The second-order valence-corrected chi connectivity index (χ2v) is 5.80. The standard InChI is InChI=1S/C16H25NO/c1-12(2)18-16-8-5-14(6-9-16)10-15-7-4-13(3)11-17-15/h5-6,8-9,12-13,15,17H,4,7,10-11H2,1-3H3. The summed E-state index contributed by atoms with van der Waals surface area (Å²) in [6.07, 6.45) is 4.03. The maximum atomic E-state index is 5.66. The summed E-state index contributed by atoms with van der Waals surface area (Å²) in [5.41, 5.74) is 1.40. The van der Waals surface area contributed by atoms with E-state index in [1.165, 1.54) is 24.9 Å². The summed E-state index contributed by atoms with van der Waals surface area (Å²) in [5.74, 6) is 1.81. The molecule has 1 aromatic rings. The number of nitrogens with one attached hydrogen (secondary N) is 1. The van der Waals surface area contributed by atoms with Gasteiger partial charge in [-0.1, -0.05) is 19.1 Å². The molecular weight excluding hydrogens is 222 g/mol. The van der Waals surface area contributed by atoms with E-state index in [-0.39, 0.29) is 6.10 Å². The largest absolute Gasteiger partial charge is 0.491 e. The average molecular weight is 247 g/mol. The lowest BCUT2D eigenvalue weighted by atomic mass is 9.92. The van der Waals surface area contributed by atoms with Crippen molar-refractivity contribution in [3.63, 3.8) is 0 Å². The molecule has 0 spiro atoms. The molecule has 1 heterocycles. The maximum absolute atomic E-state index is 5.66. The molecule has 2 unspecified atom stereocenters. The second kappa shape index (κ2) is 6.24. The van der Waals surface area contributed by atoms with Crippen LogP contribution in [0.5, 0.6) is 5.75 Å². The van der Waals surface area contributed by atoms with Crippen LogP contribution >= 0.6 is 0 Å². The summed E-state index contributed by atoms with van der Waals surface area (Å²) in [6, 6.07) is 9.20. The van der Waals surface area contributed by atoms with Crippen molar-refractivity contribution in [1.29, 1.82) is 0 Å². The fourth-order valence-electron chi connectivity index (χ4n) is 2.49. The Morgan fingerprint density at radius 2 is 1.94 bits per heavy atom. The molecule has 1 aromatic carbocycles. The number of piperidine rings is 1. The Labute approximate surface area is 111 Å². The van der Waals surface area contributed by atoms with Crippen LogP contribution in [0.4, 0.5) is 0 Å². The van der Waals surface area contributed by atoms with E-state index in [1.807, 2.05) is 0 Å². The van der Waals surface area contributed by atoms with Crippen LogP contribution < -0.4 is 10.1 Å². The third kappa shape index (κ3) is 4.02. The van der Waals surface area contributed by atoms with Crippen LogP contribution in [0.2, 0.25) is 0 Å². The van der Waals surface area contributed by atoms with Gasteiger partial charge in [0.2, 0.25) is 0 Å². The number of rotatable bonds is 4. The zero-order valence-corrected chi connectivity index (χ0v) is 11.8. The Bertz CT molecular complexity index is 350. The van der Waals surface area contributed by atoms with Crippen molar-refractivity contribution in [3.8, 4) is 5.75 Å². The molecular formula is C16H25NO. The van der Waals surface area contributed by atoms with Gasteiger partial charge in [-0.05, 0) is 63.3 Å². The number of hydrogen-bond donors (Lipinski definition) is 1. The molecule has 0 radical (unpaired) electrons. The normalized spacial score (nSPS) is 24.2. The van der Waals surface area contributed by atoms with Crippen molar-refractivity contribution in [1.82, 2.24) is 5.32 Å². The van der Waals surface area contributed by atoms with Gasteiger partial charge in [-0.25, -0.2) is 0 Å². The minimum absolute atomic E-state index is 0.248. The fraction of sp³-hybridized carbons (Fsp3) is 0.625. The van der Waals surface area contributed by atoms with Gasteiger partial charge in [0, 0.05) is 6.04 Å². The molecule has 1 aliphatic rings. The van der Waals surface area contributed by atoms with Gasteiger partial charge in [-0.2, -0.15) is 0 Å². The quantitative estimate of drug-likeness (QED) is 0.880. The third-order valence-corrected chi connectivity index (χ3v) is 3.54. The van der Waals surface area contributed by atoms with Crippen LogP contribution in [-0.4, -0.2) is 18.7 Å². The molecule has 0 amide bonds. The lowest BCUT2D eigenvalue weighted by Gasteiger charge is -2.27. The Morgan fingerprint density at radius 1 is 1.22 bits per heavy atom. The zero-order chi connectivity index (χ0) is 13.0. The molecule has 18 heavy (non-hydrogen) atoms. The minimum Gasteiger partial charge on any atom is -0.491 e. The number of ether oxygens (including phenoxy) is 1. The van der Waals surface area contributed by atoms with Gasteiger partial charge >= 0.3 is 0 Å². The summed E-state index contributed by atoms with van der Waals surface area (Å²) in [4.78, 5) is 0. The molecule has 1 aliphatic heterocycles. The zero-order valence-electron chi connectivity index (χ0n) is 11.8. The van der Waals surface area contributed by atoms with Crippen molar-refractivity contribution in [3.05, 3.63) is 29.8 Å². The van der Waals surface area contributed by atoms with E-state index in [4.69, 9.17) is 4.74 Å². The molecule has 1 N–H and O–H groups in total. The smallest absolute Gasteiger partial charge is 0.119 e. The highest BCUT2D eigenvalue weighted by Crippen LogP contribution is 2.19. The molecule has 2 atom stereocenters. The van der Waals surface area contributed by atoms with Crippen molar-refractivity contribution in [2.45, 2.75) is 52.2 Å². The molecule has 1 saturated heterocycles. The van der Waals surface area contributed by atoms with E-state index in [2.05, 4.69) is 50.4 Å². The van der Waals surface area contributed by atoms with Gasteiger partial charge in [0.15, 0.2) is 0 Å². The molecule has 2 rings (SSSR count). The van der Waals surface area contributed by atoms with E-state index in [0.717, 1.165) is 18.1 Å². The molecule has 2 heteroatoms. The van der Waals surface area contributed by atoms with Crippen LogP contribution in [0, 0.1) is 5.92 Å². The summed E-state index contributed by atoms with van der Waals surface area (Å²) in [5, 5.41) is 3.63. The fourth-order valence-corrected chi connectivity index (χ4v) is 2.49. The molecule has 100 valence electrons. The lowest BCUT2D eigenvalue weighted by Crippen LogP contribution is -2.39. The van der Waals surface area contributed by atoms with Gasteiger partial charge in [-0.15, -0.1) is 0 Å². The predicted molar refractivity (Wildman–Crippen MR) is 76.1 cm³/mol. The lowest BCUT2D eigenvalue weighted by molar-refractivity contribution is 0.242. The van der Waals surface area contributed by atoms with Gasteiger partial charge < -0.3 is 10.1 Å². The maximum Gasteiger partial charge on any atom is 0.119 e. The molecule has 0 aliphatic carbocycles. The average Bonchev–Trinajstić information content (AvgIpc) is 2.34. The summed E-state index contributed by atoms with van der Waals surface area (Å²) < 4.78 is 5.66. The highest BCUT2D eigenvalue weighted by atomic mass is 16.5. The van der Waals surface area contributed by atoms with Gasteiger partial charge in [0.25, 0.3) is 0 Å². The third-order valence-electron chi connectivity index (χ3n) is 3.54. The first-order valence-corrected chi connectivity index (χ1v) is 7.12. The first-order chi connectivity index (χ1) is 8.63. The van der Waals surface area contributed by atoms with Crippen LogP contribution in [0.25, 0.3) is 0 Å². The Balaban J connectivity index is 1.86. The van der Waals surface area contributed by atoms with Crippen molar-refractivity contribution < 1.29 is 4.74 Å². The topological polar surface area (TPSA) is 21.3 Å². The second-order valence-electron chi connectivity index (χ2n) is 5.80.